The Morgan fingerprint density at radius 2 is 1.74 bits per heavy atom. The number of benzene rings is 3. The number of thioether (sulfide) groups is 1. The minimum Gasteiger partial charge on any atom is -0.493 e. The Morgan fingerprint density at radius 1 is 0.976 bits per heavy atom. The molecule has 3 amide bonds. The molecule has 0 spiro atoms. The van der Waals surface area contributed by atoms with E-state index in [2.05, 4.69) is 5.32 Å². The molecule has 1 saturated heterocycles. The average Bonchev–Trinajstić information content (AvgIpc) is 3.22. The number of hydrogen-bond donors (Lipinski definition) is 1. The number of ether oxygens (including phenoxy) is 4. The first-order valence-electron chi connectivity index (χ1n) is 12.9. The van der Waals surface area contributed by atoms with Gasteiger partial charge in [0.25, 0.3) is 17.1 Å². The Balaban J connectivity index is 1.42. The standard InChI is InChI=1S/C30H28Cl2N2O7S/c1-4-39-25-14-19(13-22(32)28(25)41-17-27(35)33-20-10-9-18(2)21(31)16-20)15-26-29(36)34(30(37)42-26)11-12-40-24-8-6-5-7-23(24)38-3/h5-10,13-16H,4,11-12,17H2,1-3H3,(H,33,35)/b26-15-. The monoisotopic (exact) mass is 630 g/mol. The van der Waals surface area contributed by atoms with Crippen LogP contribution in [0.4, 0.5) is 10.5 Å². The number of carbonyl (C=O) groups excluding carboxylic acids is 3. The smallest absolute Gasteiger partial charge is 0.293 e. The SMILES string of the molecule is CCOc1cc(/C=C2\SC(=O)N(CCOc3ccccc3OC)C2=O)cc(Cl)c1OCC(=O)Nc1ccc(C)c(Cl)c1. The van der Waals surface area contributed by atoms with Gasteiger partial charge >= 0.3 is 0 Å². The van der Waals surface area contributed by atoms with E-state index in [-0.39, 0.29) is 41.2 Å². The number of rotatable bonds is 12. The van der Waals surface area contributed by atoms with E-state index in [1.807, 2.05) is 13.0 Å². The van der Waals surface area contributed by atoms with Crippen LogP contribution in [0.15, 0.2) is 59.5 Å². The first-order valence-corrected chi connectivity index (χ1v) is 14.4. The number of methoxy groups -OCH3 is 1. The first-order chi connectivity index (χ1) is 20.2. The molecule has 0 atom stereocenters. The maximum Gasteiger partial charge on any atom is 0.293 e. The number of carbonyl (C=O) groups is 3. The molecule has 4 rings (SSSR count). The molecule has 0 saturated carbocycles. The van der Waals surface area contributed by atoms with Crippen molar-refractivity contribution < 1.29 is 33.3 Å². The van der Waals surface area contributed by atoms with Crippen molar-refractivity contribution in [2.75, 3.05) is 38.8 Å². The van der Waals surface area contributed by atoms with Crippen molar-refractivity contribution in [2.45, 2.75) is 13.8 Å². The fourth-order valence-electron chi connectivity index (χ4n) is 3.91. The van der Waals surface area contributed by atoms with E-state index in [0.717, 1.165) is 22.2 Å². The lowest BCUT2D eigenvalue weighted by molar-refractivity contribution is -0.123. The zero-order valence-electron chi connectivity index (χ0n) is 23.1. The van der Waals surface area contributed by atoms with Gasteiger partial charge in [-0.3, -0.25) is 19.3 Å². The van der Waals surface area contributed by atoms with E-state index >= 15 is 0 Å². The van der Waals surface area contributed by atoms with Gasteiger partial charge in [0.1, 0.15) is 6.61 Å². The zero-order chi connectivity index (χ0) is 30.2. The number of aryl methyl sites for hydroxylation is 1. The molecule has 0 aromatic heterocycles. The molecular weight excluding hydrogens is 603 g/mol. The Hall–Kier alpha value is -3.86. The lowest BCUT2D eigenvalue weighted by atomic mass is 10.1. The fraction of sp³-hybridized carbons (Fsp3) is 0.233. The van der Waals surface area contributed by atoms with Crippen molar-refractivity contribution in [1.82, 2.24) is 4.90 Å². The molecule has 1 aliphatic heterocycles. The normalized spacial score (nSPS) is 13.8. The predicted molar refractivity (Wildman–Crippen MR) is 164 cm³/mol. The van der Waals surface area contributed by atoms with Gasteiger partial charge < -0.3 is 24.3 Å². The van der Waals surface area contributed by atoms with Gasteiger partial charge in [0.05, 0.1) is 30.2 Å². The van der Waals surface area contributed by atoms with Crippen molar-refractivity contribution >= 4 is 63.8 Å². The van der Waals surface area contributed by atoms with Crippen LogP contribution in [-0.4, -0.2) is 55.4 Å². The summed E-state index contributed by atoms with van der Waals surface area (Å²) in [6.07, 6.45) is 1.55. The van der Waals surface area contributed by atoms with Crippen LogP contribution in [0.5, 0.6) is 23.0 Å². The van der Waals surface area contributed by atoms with Crippen LogP contribution in [0, 0.1) is 6.92 Å². The summed E-state index contributed by atoms with van der Waals surface area (Å²) in [4.78, 5) is 39.4. The first kappa shape index (κ1) is 31.1. The maximum absolute atomic E-state index is 13.0. The molecule has 1 aliphatic rings. The number of nitrogens with zero attached hydrogens (tertiary/aromatic N) is 1. The summed E-state index contributed by atoms with van der Waals surface area (Å²) < 4.78 is 22.4. The van der Waals surface area contributed by atoms with E-state index in [0.29, 0.717) is 34.4 Å². The van der Waals surface area contributed by atoms with Gasteiger partial charge in [0, 0.05) is 10.7 Å². The van der Waals surface area contributed by atoms with Gasteiger partial charge in [-0.05, 0) is 79.2 Å². The lowest BCUT2D eigenvalue weighted by Crippen LogP contribution is -2.32. The third-order valence-electron chi connectivity index (χ3n) is 5.95. The summed E-state index contributed by atoms with van der Waals surface area (Å²) in [6, 6.07) is 15.5. The molecule has 1 fully saturated rings. The topological polar surface area (TPSA) is 103 Å². The molecule has 0 bridgehead atoms. The van der Waals surface area contributed by atoms with Gasteiger partial charge in [-0.15, -0.1) is 0 Å². The largest absolute Gasteiger partial charge is 0.493 e. The number of nitrogens with one attached hydrogen (secondary N) is 1. The molecule has 9 nitrogen and oxygen atoms in total. The quantitative estimate of drug-likeness (QED) is 0.217. The lowest BCUT2D eigenvalue weighted by Gasteiger charge is -2.15. The number of anilines is 1. The minimum atomic E-state index is -0.448. The maximum atomic E-state index is 13.0. The van der Waals surface area contributed by atoms with E-state index < -0.39 is 17.1 Å². The van der Waals surface area contributed by atoms with E-state index in [9.17, 15) is 14.4 Å². The highest BCUT2D eigenvalue weighted by molar-refractivity contribution is 8.18. The Bertz CT molecular complexity index is 1530. The molecule has 12 heteroatoms. The van der Waals surface area contributed by atoms with Crippen molar-refractivity contribution in [3.05, 3.63) is 80.7 Å². The van der Waals surface area contributed by atoms with Crippen LogP contribution in [-0.2, 0) is 9.59 Å². The summed E-state index contributed by atoms with van der Waals surface area (Å²) in [6.45, 7) is 3.78. The van der Waals surface area contributed by atoms with E-state index in [1.165, 1.54) is 7.11 Å². The fourth-order valence-corrected chi connectivity index (χ4v) is 5.23. The molecule has 1 N–H and O–H groups in total. The highest BCUT2D eigenvalue weighted by atomic mass is 35.5. The third kappa shape index (κ3) is 7.70. The number of para-hydroxylation sites is 2. The highest BCUT2D eigenvalue weighted by Crippen LogP contribution is 2.39. The Kier molecular flexibility index (Phi) is 10.6. The van der Waals surface area contributed by atoms with Gasteiger partial charge in [-0.1, -0.05) is 41.4 Å². The van der Waals surface area contributed by atoms with Crippen molar-refractivity contribution in [2.24, 2.45) is 0 Å². The molecular formula is C30H28Cl2N2O7S. The number of hydrogen-bond acceptors (Lipinski definition) is 8. The molecule has 1 heterocycles. The molecule has 0 unspecified atom stereocenters. The van der Waals surface area contributed by atoms with Gasteiger partial charge in [-0.2, -0.15) is 0 Å². The second kappa shape index (κ2) is 14.4. The molecule has 42 heavy (non-hydrogen) atoms. The summed E-state index contributed by atoms with van der Waals surface area (Å²) in [7, 11) is 1.53. The molecule has 0 aliphatic carbocycles. The predicted octanol–water partition coefficient (Wildman–Crippen LogP) is 6.84. The second-order valence-corrected chi connectivity index (χ2v) is 10.7. The third-order valence-corrected chi connectivity index (χ3v) is 7.54. The Labute approximate surface area is 257 Å². The number of amides is 3. The summed E-state index contributed by atoms with van der Waals surface area (Å²) in [5.41, 5.74) is 1.94. The van der Waals surface area contributed by atoms with Gasteiger partial charge in [0.2, 0.25) is 0 Å². The van der Waals surface area contributed by atoms with Crippen molar-refractivity contribution in [3.63, 3.8) is 0 Å². The van der Waals surface area contributed by atoms with Crippen LogP contribution in [0.1, 0.15) is 18.1 Å². The van der Waals surface area contributed by atoms with E-state index in [4.69, 9.17) is 42.1 Å². The number of imide groups is 1. The average molecular weight is 632 g/mol. The molecule has 3 aromatic rings. The van der Waals surface area contributed by atoms with Crippen molar-refractivity contribution in [3.8, 4) is 23.0 Å². The van der Waals surface area contributed by atoms with Crippen LogP contribution in [0.25, 0.3) is 6.08 Å². The van der Waals surface area contributed by atoms with Gasteiger partial charge in [0.15, 0.2) is 29.6 Å². The van der Waals surface area contributed by atoms with Crippen LogP contribution in [0.2, 0.25) is 10.0 Å². The second-order valence-electron chi connectivity index (χ2n) is 8.90. The number of halogens is 2. The van der Waals surface area contributed by atoms with Crippen LogP contribution < -0.4 is 24.3 Å². The van der Waals surface area contributed by atoms with Crippen molar-refractivity contribution in [1.29, 1.82) is 0 Å². The highest BCUT2D eigenvalue weighted by Gasteiger charge is 2.35. The molecule has 0 radical (unpaired) electrons. The molecule has 3 aromatic carbocycles. The van der Waals surface area contributed by atoms with Crippen LogP contribution in [0.3, 0.4) is 0 Å². The molecule has 220 valence electrons. The summed E-state index contributed by atoms with van der Waals surface area (Å²) in [5, 5.41) is 3.01. The minimum absolute atomic E-state index is 0.0641. The van der Waals surface area contributed by atoms with Gasteiger partial charge in [-0.25, -0.2) is 0 Å². The summed E-state index contributed by atoms with van der Waals surface area (Å²) in [5.74, 6) is 0.663. The van der Waals surface area contributed by atoms with Crippen LogP contribution >= 0.6 is 35.0 Å². The Morgan fingerprint density at radius 3 is 2.45 bits per heavy atom. The summed E-state index contributed by atoms with van der Waals surface area (Å²) >= 11 is 13.4. The van der Waals surface area contributed by atoms with E-state index in [1.54, 1.807) is 61.5 Å². The zero-order valence-corrected chi connectivity index (χ0v) is 25.4.